The first-order chi connectivity index (χ1) is 5.72. The fourth-order valence-corrected chi connectivity index (χ4v) is 1.06. The molecule has 0 radical (unpaired) electrons. The van der Waals surface area contributed by atoms with Gasteiger partial charge in [-0.25, -0.2) is 4.79 Å². The van der Waals surface area contributed by atoms with Gasteiger partial charge < -0.3 is 10.7 Å². The molecule has 1 rings (SSSR count). The Morgan fingerprint density at radius 3 is 3.00 bits per heavy atom. The molecule has 3 N–H and O–H groups in total. The van der Waals surface area contributed by atoms with Crippen molar-refractivity contribution >= 4 is 0 Å². The van der Waals surface area contributed by atoms with Crippen molar-refractivity contribution in [3.05, 3.63) is 27.9 Å². The van der Waals surface area contributed by atoms with Crippen LogP contribution in [0.1, 0.15) is 17.8 Å². The largest absolute Gasteiger partial charge is 0.345 e. The summed E-state index contributed by atoms with van der Waals surface area (Å²) in [6.07, 6.45) is 1.65. The van der Waals surface area contributed by atoms with Crippen molar-refractivity contribution in [2.45, 2.75) is 19.8 Å². The number of aromatic nitrogens is 2. The molecule has 0 spiro atoms. The van der Waals surface area contributed by atoms with Crippen LogP contribution in [0.25, 0.3) is 0 Å². The van der Waals surface area contributed by atoms with Gasteiger partial charge in [-0.1, -0.05) is 0 Å². The van der Waals surface area contributed by atoms with Crippen molar-refractivity contribution in [3.8, 4) is 0 Å². The smallest absolute Gasteiger partial charge is 0.330 e. The van der Waals surface area contributed by atoms with Crippen molar-refractivity contribution in [3.63, 3.8) is 0 Å². The Bertz CT molecular complexity index is 305. The molecule has 0 aromatic carbocycles. The molecule has 66 valence electrons. The number of hydrogen-bond donors (Lipinski definition) is 2. The zero-order chi connectivity index (χ0) is 8.97. The first kappa shape index (κ1) is 8.93. The highest BCUT2D eigenvalue weighted by Gasteiger charge is 1.96. The number of H-pyrrole nitrogens is 1. The lowest BCUT2D eigenvalue weighted by Gasteiger charge is -1.98. The van der Waals surface area contributed by atoms with Crippen LogP contribution in [-0.2, 0) is 6.42 Å². The highest BCUT2D eigenvalue weighted by molar-refractivity contribution is 5.06. The van der Waals surface area contributed by atoms with E-state index in [-0.39, 0.29) is 5.69 Å². The van der Waals surface area contributed by atoms with E-state index in [1.54, 1.807) is 0 Å². The molecular weight excluding hydrogens is 154 g/mol. The van der Waals surface area contributed by atoms with Crippen molar-refractivity contribution in [1.82, 2.24) is 9.97 Å². The van der Waals surface area contributed by atoms with Crippen LogP contribution in [-0.4, -0.2) is 16.5 Å². The molecule has 0 aliphatic heterocycles. The number of hydrogen-bond acceptors (Lipinski definition) is 3. The van der Waals surface area contributed by atoms with Crippen LogP contribution in [0.15, 0.2) is 10.9 Å². The van der Waals surface area contributed by atoms with E-state index in [0.29, 0.717) is 6.54 Å². The monoisotopic (exact) mass is 167 g/mol. The molecular formula is C8H13N3O. The summed E-state index contributed by atoms with van der Waals surface area (Å²) >= 11 is 0. The van der Waals surface area contributed by atoms with Gasteiger partial charge in [0.05, 0.1) is 0 Å². The van der Waals surface area contributed by atoms with E-state index in [4.69, 9.17) is 5.73 Å². The second kappa shape index (κ2) is 4.01. The second-order valence-corrected chi connectivity index (χ2v) is 2.75. The minimum Gasteiger partial charge on any atom is -0.330 e. The van der Waals surface area contributed by atoms with Crippen molar-refractivity contribution in [2.75, 3.05) is 6.54 Å². The zero-order valence-electron chi connectivity index (χ0n) is 7.13. The fourth-order valence-electron chi connectivity index (χ4n) is 1.06. The van der Waals surface area contributed by atoms with E-state index in [0.717, 1.165) is 24.2 Å². The summed E-state index contributed by atoms with van der Waals surface area (Å²) in [5.74, 6) is 0. The Morgan fingerprint density at radius 2 is 2.42 bits per heavy atom. The summed E-state index contributed by atoms with van der Waals surface area (Å²) in [5, 5.41) is 0. The van der Waals surface area contributed by atoms with E-state index in [1.165, 1.54) is 0 Å². The normalized spacial score (nSPS) is 10.2. The van der Waals surface area contributed by atoms with Crippen LogP contribution in [0.5, 0.6) is 0 Å². The quantitative estimate of drug-likeness (QED) is 0.664. The van der Waals surface area contributed by atoms with Gasteiger partial charge in [0.15, 0.2) is 0 Å². The Morgan fingerprint density at radius 1 is 1.67 bits per heavy atom. The van der Waals surface area contributed by atoms with Gasteiger partial charge in [0.2, 0.25) is 0 Å². The summed E-state index contributed by atoms with van der Waals surface area (Å²) < 4.78 is 0. The van der Waals surface area contributed by atoms with Crippen LogP contribution < -0.4 is 11.4 Å². The van der Waals surface area contributed by atoms with Crippen molar-refractivity contribution in [2.24, 2.45) is 5.73 Å². The summed E-state index contributed by atoms with van der Waals surface area (Å²) in [6, 6.07) is 1.87. The number of nitrogens with one attached hydrogen (secondary N) is 1. The van der Waals surface area contributed by atoms with E-state index in [1.807, 2.05) is 13.0 Å². The molecule has 1 aromatic heterocycles. The molecule has 1 aromatic rings. The summed E-state index contributed by atoms with van der Waals surface area (Å²) in [4.78, 5) is 17.3. The third-order valence-electron chi connectivity index (χ3n) is 1.57. The maximum absolute atomic E-state index is 10.9. The van der Waals surface area contributed by atoms with Crippen LogP contribution in [0.2, 0.25) is 0 Å². The predicted octanol–water partition coefficient (Wildman–Crippen LogP) is -0.0304. The average Bonchev–Trinajstić information content (AvgIpc) is 1.99. The first-order valence-electron chi connectivity index (χ1n) is 3.99. The van der Waals surface area contributed by atoms with Crippen molar-refractivity contribution < 1.29 is 0 Å². The molecule has 0 saturated carbocycles. The molecule has 1 heterocycles. The van der Waals surface area contributed by atoms with Gasteiger partial charge >= 0.3 is 5.69 Å². The van der Waals surface area contributed by atoms with E-state index in [2.05, 4.69) is 9.97 Å². The third-order valence-corrected chi connectivity index (χ3v) is 1.57. The highest BCUT2D eigenvalue weighted by atomic mass is 16.1. The highest BCUT2D eigenvalue weighted by Crippen LogP contribution is 1.96. The van der Waals surface area contributed by atoms with Crippen LogP contribution in [0.4, 0.5) is 0 Å². The summed E-state index contributed by atoms with van der Waals surface area (Å²) in [6.45, 7) is 2.47. The number of nitrogens with two attached hydrogens (primary N) is 1. The summed E-state index contributed by atoms with van der Waals surface area (Å²) in [5.41, 5.74) is 6.73. The molecule has 0 aliphatic carbocycles. The molecule has 12 heavy (non-hydrogen) atoms. The molecule has 0 fully saturated rings. The molecule has 0 aliphatic rings. The van der Waals surface area contributed by atoms with Gasteiger partial charge in [-0.15, -0.1) is 0 Å². The lowest BCUT2D eigenvalue weighted by atomic mass is 10.2. The van der Waals surface area contributed by atoms with Gasteiger partial charge in [0.1, 0.15) is 0 Å². The standard InChI is InChI=1S/C8H13N3O/c1-6-5-7(3-2-4-9)11-8(12)10-6/h5H,2-4,9H2,1H3,(H,10,11,12). The molecule has 0 amide bonds. The minimum atomic E-state index is -0.276. The number of rotatable bonds is 3. The lowest BCUT2D eigenvalue weighted by Crippen LogP contribution is -2.14. The third kappa shape index (κ3) is 2.47. The maximum atomic E-state index is 10.9. The van der Waals surface area contributed by atoms with Crippen LogP contribution >= 0.6 is 0 Å². The minimum absolute atomic E-state index is 0.276. The first-order valence-corrected chi connectivity index (χ1v) is 3.99. The van der Waals surface area contributed by atoms with E-state index < -0.39 is 0 Å². The lowest BCUT2D eigenvalue weighted by molar-refractivity contribution is 0.794. The Hall–Kier alpha value is -1.16. The SMILES string of the molecule is Cc1cc(CCCN)nc(=O)[nH]1. The number of aryl methyl sites for hydroxylation is 2. The topological polar surface area (TPSA) is 71.8 Å². The Balaban J connectivity index is 2.79. The number of nitrogens with zero attached hydrogens (tertiary/aromatic N) is 1. The zero-order valence-corrected chi connectivity index (χ0v) is 7.13. The molecule has 0 atom stereocenters. The van der Waals surface area contributed by atoms with Gasteiger partial charge in [-0.05, 0) is 32.4 Å². The van der Waals surface area contributed by atoms with Crippen molar-refractivity contribution in [1.29, 1.82) is 0 Å². The van der Waals surface area contributed by atoms with E-state index in [9.17, 15) is 4.79 Å². The van der Waals surface area contributed by atoms with Crippen LogP contribution in [0, 0.1) is 6.92 Å². The Labute approximate surface area is 70.8 Å². The van der Waals surface area contributed by atoms with Gasteiger partial charge in [0.25, 0.3) is 0 Å². The number of aromatic amines is 1. The molecule has 0 saturated heterocycles. The molecule has 4 heteroatoms. The Kier molecular flexibility index (Phi) is 2.99. The summed E-state index contributed by atoms with van der Waals surface area (Å²) in [7, 11) is 0. The average molecular weight is 167 g/mol. The van der Waals surface area contributed by atoms with Gasteiger partial charge in [-0.2, -0.15) is 4.98 Å². The predicted molar refractivity (Wildman–Crippen MR) is 47.0 cm³/mol. The van der Waals surface area contributed by atoms with E-state index >= 15 is 0 Å². The van der Waals surface area contributed by atoms with Gasteiger partial charge in [-0.3, -0.25) is 0 Å². The fraction of sp³-hybridized carbons (Fsp3) is 0.500. The van der Waals surface area contributed by atoms with Crippen LogP contribution in [0.3, 0.4) is 0 Å². The maximum Gasteiger partial charge on any atom is 0.345 e. The molecule has 0 bridgehead atoms. The molecule has 4 nitrogen and oxygen atoms in total. The second-order valence-electron chi connectivity index (χ2n) is 2.75. The van der Waals surface area contributed by atoms with Gasteiger partial charge in [0, 0.05) is 11.4 Å². The molecule has 0 unspecified atom stereocenters.